The molecule has 2 heterocycles. The van der Waals surface area contributed by atoms with Crippen LogP contribution in [0.3, 0.4) is 0 Å². The first kappa shape index (κ1) is 17.5. The molecule has 0 spiro atoms. The van der Waals surface area contributed by atoms with Crippen molar-refractivity contribution in [3.05, 3.63) is 47.7 Å². The standard InChI is InChI=1S/C18H19N5O3/c1-13(25)14-2-4-15(5-3-14)19-17-7-6-16(20-21-17)18(26)23-10-8-22(12-24)9-11-23/h2-7,12H,8-11H2,1H3,(H,19,21). The van der Waals surface area contributed by atoms with Gasteiger partial charge in [0, 0.05) is 37.4 Å². The lowest BCUT2D eigenvalue weighted by Crippen LogP contribution is -2.48. The van der Waals surface area contributed by atoms with Gasteiger partial charge in [-0.3, -0.25) is 14.4 Å². The fourth-order valence-corrected chi connectivity index (χ4v) is 2.64. The first-order chi connectivity index (χ1) is 12.6. The molecule has 0 radical (unpaired) electrons. The van der Waals surface area contributed by atoms with Crippen LogP contribution in [-0.2, 0) is 4.79 Å². The maximum Gasteiger partial charge on any atom is 0.274 e. The van der Waals surface area contributed by atoms with E-state index in [0.29, 0.717) is 37.6 Å². The van der Waals surface area contributed by atoms with Gasteiger partial charge in [-0.25, -0.2) is 0 Å². The molecule has 1 saturated heterocycles. The number of carbonyl (C=O) groups excluding carboxylic acids is 3. The third-order valence-electron chi connectivity index (χ3n) is 4.20. The molecule has 8 nitrogen and oxygen atoms in total. The van der Waals surface area contributed by atoms with Gasteiger partial charge in [0.1, 0.15) is 0 Å². The number of carbonyl (C=O) groups is 3. The maximum atomic E-state index is 12.4. The SMILES string of the molecule is CC(=O)c1ccc(Nc2ccc(C(=O)N3CCN(C=O)CC3)nn2)cc1. The summed E-state index contributed by atoms with van der Waals surface area (Å²) >= 11 is 0. The molecule has 1 aromatic heterocycles. The van der Waals surface area contributed by atoms with Gasteiger partial charge in [-0.05, 0) is 43.3 Å². The number of piperazine rings is 1. The molecular formula is C18H19N5O3. The molecule has 0 unspecified atom stereocenters. The van der Waals surface area contributed by atoms with E-state index in [2.05, 4.69) is 15.5 Å². The highest BCUT2D eigenvalue weighted by Crippen LogP contribution is 2.15. The molecule has 1 aromatic carbocycles. The van der Waals surface area contributed by atoms with Crippen LogP contribution in [-0.4, -0.2) is 64.3 Å². The lowest BCUT2D eigenvalue weighted by Gasteiger charge is -2.32. The van der Waals surface area contributed by atoms with Crippen molar-refractivity contribution < 1.29 is 14.4 Å². The van der Waals surface area contributed by atoms with E-state index in [9.17, 15) is 14.4 Å². The number of ketones is 1. The van der Waals surface area contributed by atoms with E-state index >= 15 is 0 Å². The van der Waals surface area contributed by atoms with E-state index in [1.165, 1.54) is 6.92 Å². The summed E-state index contributed by atoms with van der Waals surface area (Å²) in [6.07, 6.45) is 0.797. The number of hydrogen-bond acceptors (Lipinski definition) is 6. The van der Waals surface area contributed by atoms with E-state index in [-0.39, 0.29) is 17.4 Å². The second-order valence-electron chi connectivity index (χ2n) is 6.00. The molecule has 0 aliphatic carbocycles. The van der Waals surface area contributed by atoms with Crippen molar-refractivity contribution in [3.63, 3.8) is 0 Å². The molecule has 26 heavy (non-hydrogen) atoms. The Kier molecular flexibility index (Phi) is 5.21. The zero-order valence-electron chi connectivity index (χ0n) is 14.4. The van der Waals surface area contributed by atoms with Crippen LogP contribution in [0, 0.1) is 0 Å². The van der Waals surface area contributed by atoms with Crippen LogP contribution in [0.2, 0.25) is 0 Å². The van der Waals surface area contributed by atoms with Crippen molar-refractivity contribution in [2.75, 3.05) is 31.5 Å². The molecule has 8 heteroatoms. The molecule has 2 amide bonds. The minimum Gasteiger partial charge on any atom is -0.342 e. The van der Waals surface area contributed by atoms with E-state index in [0.717, 1.165) is 12.1 Å². The topological polar surface area (TPSA) is 95.5 Å². The van der Waals surface area contributed by atoms with Crippen molar-refractivity contribution in [3.8, 4) is 0 Å². The number of rotatable bonds is 5. The molecule has 0 bridgehead atoms. The lowest BCUT2D eigenvalue weighted by atomic mass is 10.1. The molecule has 134 valence electrons. The smallest absolute Gasteiger partial charge is 0.274 e. The molecule has 1 N–H and O–H groups in total. The van der Waals surface area contributed by atoms with Crippen molar-refractivity contribution in [1.29, 1.82) is 0 Å². The van der Waals surface area contributed by atoms with Crippen molar-refractivity contribution in [2.45, 2.75) is 6.92 Å². The predicted octanol–water partition coefficient (Wildman–Crippen LogP) is 1.34. The van der Waals surface area contributed by atoms with Crippen molar-refractivity contribution in [2.24, 2.45) is 0 Å². The largest absolute Gasteiger partial charge is 0.342 e. The maximum absolute atomic E-state index is 12.4. The molecular weight excluding hydrogens is 334 g/mol. The fourth-order valence-electron chi connectivity index (χ4n) is 2.64. The number of hydrogen-bond donors (Lipinski definition) is 1. The number of nitrogens with zero attached hydrogens (tertiary/aromatic N) is 4. The Morgan fingerprint density at radius 1 is 1.00 bits per heavy atom. The minimum atomic E-state index is -0.194. The van der Waals surface area contributed by atoms with Crippen LogP contribution in [0.25, 0.3) is 0 Å². The average molecular weight is 353 g/mol. The summed E-state index contributed by atoms with van der Waals surface area (Å²) in [5, 5.41) is 11.1. The van der Waals surface area contributed by atoms with Gasteiger partial charge in [-0.15, -0.1) is 10.2 Å². The van der Waals surface area contributed by atoms with Gasteiger partial charge in [0.25, 0.3) is 5.91 Å². The van der Waals surface area contributed by atoms with Crippen molar-refractivity contribution in [1.82, 2.24) is 20.0 Å². The van der Waals surface area contributed by atoms with Crippen LogP contribution in [0.1, 0.15) is 27.8 Å². The van der Waals surface area contributed by atoms with E-state index < -0.39 is 0 Å². The summed E-state index contributed by atoms with van der Waals surface area (Å²) < 4.78 is 0. The zero-order chi connectivity index (χ0) is 18.5. The van der Waals surface area contributed by atoms with Gasteiger partial charge in [0.2, 0.25) is 6.41 Å². The van der Waals surface area contributed by atoms with Crippen LogP contribution >= 0.6 is 0 Å². The van der Waals surface area contributed by atoms with E-state index in [1.807, 2.05) is 0 Å². The molecule has 0 saturated carbocycles. The first-order valence-corrected chi connectivity index (χ1v) is 8.27. The first-order valence-electron chi connectivity index (χ1n) is 8.27. The molecule has 3 rings (SSSR count). The third kappa shape index (κ3) is 4.02. The number of aromatic nitrogens is 2. The Labute approximate surface area is 150 Å². The summed E-state index contributed by atoms with van der Waals surface area (Å²) in [7, 11) is 0. The Morgan fingerprint density at radius 2 is 1.69 bits per heavy atom. The molecule has 1 fully saturated rings. The highest BCUT2D eigenvalue weighted by Gasteiger charge is 2.22. The van der Waals surface area contributed by atoms with Crippen LogP contribution in [0.15, 0.2) is 36.4 Å². The van der Waals surface area contributed by atoms with Gasteiger partial charge in [0.15, 0.2) is 17.3 Å². The highest BCUT2D eigenvalue weighted by atomic mass is 16.2. The Morgan fingerprint density at radius 3 is 2.23 bits per heavy atom. The van der Waals surface area contributed by atoms with Crippen LogP contribution in [0.5, 0.6) is 0 Å². The Hall–Kier alpha value is -3.29. The second kappa shape index (κ2) is 7.73. The molecule has 2 aromatic rings. The fraction of sp³-hybridized carbons (Fsp3) is 0.278. The van der Waals surface area contributed by atoms with E-state index in [4.69, 9.17) is 0 Å². The van der Waals surface area contributed by atoms with Crippen LogP contribution in [0.4, 0.5) is 11.5 Å². The highest BCUT2D eigenvalue weighted by molar-refractivity contribution is 5.94. The van der Waals surface area contributed by atoms with Gasteiger partial charge in [0.05, 0.1) is 0 Å². The Bertz CT molecular complexity index is 797. The van der Waals surface area contributed by atoms with Gasteiger partial charge in [-0.1, -0.05) is 0 Å². The quantitative estimate of drug-likeness (QED) is 0.644. The van der Waals surface area contributed by atoms with Gasteiger partial charge >= 0.3 is 0 Å². The summed E-state index contributed by atoms with van der Waals surface area (Å²) in [5.74, 6) is 0.316. The summed E-state index contributed by atoms with van der Waals surface area (Å²) in [6.45, 7) is 3.54. The number of benzene rings is 1. The van der Waals surface area contributed by atoms with Crippen LogP contribution < -0.4 is 5.32 Å². The Balaban J connectivity index is 1.62. The predicted molar refractivity (Wildman–Crippen MR) is 95.3 cm³/mol. The minimum absolute atomic E-state index is 0.00758. The molecule has 1 aliphatic rings. The summed E-state index contributed by atoms with van der Waals surface area (Å²) in [6, 6.07) is 10.3. The number of amides is 2. The lowest BCUT2D eigenvalue weighted by molar-refractivity contribution is -0.119. The second-order valence-corrected chi connectivity index (χ2v) is 6.00. The van der Waals surface area contributed by atoms with Crippen molar-refractivity contribution >= 4 is 29.6 Å². The summed E-state index contributed by atoms with van der Waals surface area (Å²) in [4.78, 5) is 37.7. The number of anilines is 2. The average Bonchev–Trinajstić information content (AvgIpc) is 2.68. The zero-order valence-corrected chi connectivity index (χ0v) is 14.4. The number of Topliss-reactive ketones (excluding diaryl/α,β-unsaturated/α-hetero) is 1. The normalized spacial score (nSPS) is 14.0. The molecule has 0 atom stereocenters. The van der Waals surface area contributed by atoms with E-state index in [1.54, 1.807) is 46.2 Å². The third-order valence-corrected chi connectivity index (χ3v) is 4.20. The molecule has 1 aliphatic heterocycles. The van der Waals surface area contributed by atoms with Gasteiger partial charge < -0.3 is 15.1 Å². The van der Waals surface area contributed by atoms with Gasteiger partial charge in [-0.2, -0.15) is 0 Å². The number of nitrogens with one attached hydrogen (secondary N) is 1. The monoisotopic (exact) mass is 353 g/mol. The summed E-state index contributed by atoms with van der Waals surface area (Å²) in [5.41, 5.74) is 1.67.